The fourth-order valence-electron chi connectivity index (χ4n) is 3.74. The van der Waals surface area contributed by atoms with Crippen molar-refractivity contribution < 1.29 is 0 Å². The van der Waals surface area contributed by atoms with Gasteiger partial charge in [0.1, 0.15) is 17.2 Å². The molecule has 1 atom stereocenters. The van der Waals surface area contributed by atoms with E-state index in [-0.39, 0.29) is 11.6 Å². The van der Waals surface area contributed by atoms with Crippen LogP contribution in [0, 0.1) is 0 Å². The van der Waals surface area contributed by atoms with Crippen molar-refractivity contribution in [3.63, 3.8) is 0 Å². The fraction of sp³-hybridized carbons (Fsp3) is 0.455. The number of hydrogen-bond donors (Lipinski definition) is 0. The summed E-state index contributed by atoms with van der Waals surface area (Å²) in [6, 6.07) is 7.91. The van der Waals surface area contributed by atoms with Crippen LogP contribution in [0.25, 0.3) is 33.2 Å². The van der Waals surface area contributed by atoms with Gasteiger partial charge in [-0.1, -0.05) is 45.2 Å². The van der Waals surface area contributed by atoms with Gasteiger partial charge in [0.05, 0.1) is 11.0 Å². The first-order chi connectivity index (χ1) is 13.7. The molecule has 0 saturated carbocycles. The first kappa shape index (κ1) is 18.6. The zero-order valence-electron chi connectivity index (χ0n) is 16.9. The molecule has 0 bridgehead atoms. The van der Waals surface area contributed by atoms with Gasteiger partial charge in [-0.15, -0.1) is 0 Å². The highest BCUT2D eigenvalue weighted by molar-refractivity contribution is 6.04. The van der Waals surface area contributed by atoms with Crippen LogP contribution >= 0.6 is 0 Å². The number of aromatic nitrogens is 5. The summed E-state index contributed by atoms with van der Waals surface area (Å²) in [5.41, 5.74) is 3.75. The number of fused-ring (bicyclic) bond motifs is 4. The molecule has 0 aliphatic carbocycles. The van der Waals surface area contributed by atoms with E-state index < -0.39 is 0 Å². The lowest BCUT2D eigenvalue weighted by molar-refractivity contribution is 0.509. The molecule has 0 N–H and O–H groups in total. The number of unbranched alkanes of at least 4 members (excludes halogenated alkanes) is 3. The highest BCUT2D eigenvalue weighted by Gasteiger charge is 2.20. The minimum atomic E-state index is -0.0266. The maximum atomic E-state index is 13.3. The van der Waals surface area contributed by atoms with Crippen LogP contribution in [0.5, 0.6) is 0 Å². The van der Waals surface area contributed by atoms with Crippen LogP contribution in [0.2, 0.25) is 0 Å². The average molecular weight is 377 g/mol. The molecule has 146 valence electrons. The van der Waals surface area contributed by atoms with E-state index in [1.54, 1.807) is 10.9 Å². The van der Waals surface area contributed by atoms with Gasteiger partial charge in [0, 0.05) is 12.6 Å². The van der Waals surface area contributed by atoms with E-state index in [9.17, 15) is 4.79 Å². The molecule has 4 aromatic rings. The van der Waals surface area contributed by atoms with E-state index in [1.165, 1.54) is 12.8 Å². The van der Waals surface area contributed by atoms with Gasteiger partial charge in [-0.05, 0) is 31.9 Å². The highest BCUT2D eigenvalue weighted by Crippen LogP contribution is 2.26. The van der Waals surface area contributed by atoms with Crippen molar-refractivity contribution in [2.45, 2.75) is 65.5 Å². The largest absolute Gasteiger partial charge is 0.308 e. The van der Waals surface area contributed by atoms with Gasteiger partial charge in [-0.25, -0.2) is 15.0 Å². The van der Waals surface area contributed by atoms with Crippen molar-refractivity contribution >= 4 is 33.2 Å². The number of para-hydroxylation sites is 2. The summed E-state index contributed by atoms with van der Waals surface area (Å²) in [5, 5.41) is 0.589. The van der Waals surface area contributed by atoms with Gasteiger partial charge in [-0.3, -0.25) is 9.36 Å². The molecule has 6 nitrogen and oxygen atoms in total. The van der Waals surface area contributed by atoms with Crippen LogP contribution < -0.4 is 5.56 Å². The number of hydrogen-bond acceptors (Lipinski definition) is 4. The van der Waals surface area contributed by atoms with Crippen LogP contribution in [0.15, 0.2) is 35.4 Å². The first-order valence-electron chi connectivity index (χ1n) is 10.3. The molecule has 0 aliphatic heterocycles. The second-order valence-electron chi connectivity index (χ2n) is 7.51. The Bertz CT molecular complexity index is 1190. The lowest BCUT2D eigenvalue weighted by Gasteiger charge is -2.12. The molecule has 1 aromatic carbocycles. The zero-order chi connectivity index (χ0) is 19.7. The summed E-state index contributed by atoms with van der Waals surface area (Å²) in [7, 11) is 0. The van der Waals surface area contributed by atoms with Gasteiger partial charge in [-0.2, -0.15) is 0 Å². The van der Waals surface area contributed by atoms with Crippen molar-refractivity contribution in [1.82, 2.24) is 24.1 Å². The molecule has 4 rings (SSSR count). The second-order valence-corrected chi connectivity index (χ2v) is 7.51. The smallest absolute Gasteiger partial charge is 0.265 e. The standard InChI is InChI=1S/C22H27N5O/c1-4-6-7-10-13-26-20-18(22(28)27(14-23-20)15(3)5-2)19-21(26)25-17-12-9-8-11-16(17)24-19/h8-9,11-12,14-15H,4-7,10,13H2,1-3H3/t15-/m0/s1. The summed E-state index contributed by atoms with van der Waals surface area (Å²) in [6.07, 6.45) is 7.15. The van der Waals surface area contributed by atoms with E-state index in [1.807, 2.05) is 31.2 Å². The first-order valence-corrected chi connectivity index (χ1v) is 10.3. The number of rotatable bonds is 7. The Balaban J connectivity index is 2.00. The van der Waals surface area contributed by atoms with Gasteiger partial charge in [0.15, 0.2) is 11.3 Å². The third-order valence-electron chi connectivity index (χ3n) is 5.58. The van der Waals surface area contributed by atoms with Crippen LogP contribution in [-0.2, 0) is 6.54 Å². The maximum Gasteiger partial charge on any atom is 0.265 e. The quantitative estimate of drug-likeness (QED) is 0.432. The lowest BCUT2D eigenvalue weighted by atomic mass is 10.2. The molecular formula is C22H27N5O. The highest BCUT2D eigenvalue weighted by atomic mass is 16.1. The molecule has 3 aromatic heterocycles. The SMILES string of the molecule is CCCCCCn1c2nc3ccccc3nc2c2c(=O)n([C@@H](C)CC)cnc21. The number of aryl methyl sites for hydroxylation is 1. The number of benzene rings is 1. The van der Waals surface area contributed by atoms with Gasteiger partial charge in [0.2, 0.25) is 0 Å². The van der Waals surface area contributed by atoms with Crippen LogP contribution in [0.4, 0.5) is 0 Å². The maximum absolute atomic E-state index is 13.3. The Morgan fingerprint density at radius 2 is 1.75 bits per heavy atom. The Morgan fingerprint density at radius 3 is 2.46 bits per heavy atom. The third kappa shape index (κ3) is 3.07. The van der Waals surface area contributed by atoms with Crippen molar-refractivity contribution in [2.24, 2.45) is 0 Å². The minimum Gasteiger partial charge on any atom is -0.308 e. The molecule has 0 spiro atoms. The molecule has 0 fully saturated rings. The Labute approximate surface area is 164 Å². The molecule has 6 heteroatoms. The summed E-state index contributed by atoms with van der Waals surface area (Å²) < 4.78 is 3.81. The Kier molecular flexibility index (Phi) is 5.11. The zero-order valence-corrected chi connectivity index (χ0v) is 16.9. The minimum absolute atomic E-state index is 0.0266. The molecular weight excluding hydrogens is 350 g/mol. The summed E-state index contributed by atoms with van der Waals surface area (Å²) in [4.78, 5) is 27.7. The van der Waals surface area contributed by atoms with Crippen LogP contribution in [0.1, 0.15) is 58.9 Å². The predicted molar refractivity (Wildman–Crippen MR) is 114 cm³/mol. The molecule has 0 unspecified atom stereocenters. The Hall–Kier alpha value is -2.76. The van der Waals surface area contributed by atoms with Gasteiger partial charge >= 0.3 is 0 Å². The summed E-state index contributed by atoms with van der Waals surface area (Å²) in [5.74, 6) is 0. The van der Waals surface area contributed by atoms with Crippen molar-refractivity contribution in [3.8, 4) is 0 Å². The third-order valence-corrected chi connectivity index (χ3v) is 5.58. The van der Waals surface area contributed by atoms with E-state index >= 15 is 0 Å². The average Bonchev–Trinajstić information content (AvgIpc) is 3.02. The summed E-state index contributed by atoms with van der Waals surface area (Å²) >= 11 is 0. The van der Waals surface area contributed by atoms with Crippen LogP contribution in [-0.4, -0.2) is 24.1 Å². The summed E-state index contributed by atoms with van der Waals surface area (Å²) in [6.45, 7) is 7.12. The Morgan fingerprint density at radius 1 is 1.00 bits per heavy atom. The fourth-order valence-corrected chi connectivity index (χ4v) is 3.74. The van der Waals surface area contributed by atoms with Gasteiger partial charge < -0.3 is 4.57 Å². The van der Waals surface area contributed by atoms with E-state index in [2.05, 4.69) is 23.4 Å². The lowest BCUT2D eigenvalue weighted by Crippen LogP contribution is -2.23. The van der Waals surface area contributed by atoms with Crippen molar-refractivity contribution in [1.29, 1.82) is 0 Å². The van der Waals surface area contributed by atoms with Crippen molar-refractivity contribution in [3.05, 3.63) is 40.9 Å². The molecule has 0 amide bonds. The van der Waals surface area contributed by atoms with E-state index in [0.717, 1.165) is 42.5 Å². The monoisotopic (exact) mass is 377 g/mol. The van der Waals surface area contributed by atoms with E-state index in [4.69, 9.17) is 9.97 Å². The molecule has 0 radical (unpaired) electrons. The predicted octanol–water partition coefficient (Wildman–Crippen LogP) is 4.85. The normalized spacial score (nSPS) is 13.0. The molecule has 28 heavy (non-hydrogen) atoms. The molecule has 0 aliphatic rings. The van der Waals surface area contributed by atoms with Crippen molar-refractivity contribution in [2.75, 3.05) is 0 Å². The van der Waals surface area contributed by atoms with Gasteiger partial charge in [0.25, 0.3) is 5.56 Å². The second kappa shape index (κ2) is 7.70. The van der Waals surface area contributed by atoms with E-state index in [0.29, 0.717) is 16.6 Å². The molecule has 3 heterocycles. The topological polar surface area (TPSA) is 65.6 Å². The number of nitrogens with zero attached hydrogens (tertiary/aromatic N) is 5. The molecule has 0 saturated heterocycles. The van der Waals surface area contributed by atoms with Crippen LogP contribution in [0.3, 0.4) is 0 Å².